The topological polar surface area (TPSA) is 50.2 Å². The van der Waals surface area contributed by atoms with Crippen LogP contribution in [0.15, 0.2) is 12.3 Å². The first-order valence-corrected chi connectivity index (χ1v) is 6.64. The van der Waals surface area contributed by atoms with Gasteiger partial charge in [0.25, 0.3) is 0 Å². The zero-order valence-corrected chi connectivity index (χ0v) is 11.4. The highest BCUT2D eigenvalue weighted by Gasteiger charge is 2.23. The van der Waals surface area contributed by atoms with Crippen molar-refractivity contribution in [2.75, 3.05) is 13.1 Å². The molecule has 0 radical (unpaired) electrons. The van der Waals surface area contributed by atoms with Crippen molar-refractivity contribution < 1.29 is 4.79 Å². The molecular weight excluding hydrogens is 228 g/mol. The van der Waals surface area contributed by atoms with Crippen molar-refractivity contribution in [3.8, 4) is 0 Å². The molecule has 0 aliphatic carbocycles. The van der Waals surface area contributed by atoms with Crippen molar-refractivity contribution in [3.05, 3.63) is 18.0 Å². The Hall–Kier alpha value is -1.36. The van der Waals surface area contributed by atoms with Crippen LogP contribution in [0.4, 0.5) is 0 Å². The van der Waals surface area contributed by atoms with E-state index in [1.165, 1.54) is 0 Å². The fourth-order valence-electron chi connectivity index (χ4n) is 2.16. The Kier molecular flexibility index (Phi) is 4.01. The van der Waals surface area contributed by atoms with Crippen LogP contribution in [0.5, 0.6) is 0 Å². The first-order chi connectivity index (χ1) is 8.58. The molecule has 18 heavy (non-hydrogen) atoms. The molecule has 100 valence electrons. The molecule has 1 aliphatic rings. The number of nitrogens with zero attached hydrogens (tertiary/aromatic N) is 3. The molecule has 1 atom stereocenters. The standard InChI is InChI=1S/C13H22N4O/c1-10(2)17-8-5-12(15-17)9-16-7-4-6-14-11(3)13(16)18/h5,8,10-11,14H,4,6-7,9H2,1-3H3. The fourth-order valence-corrected chi connectivity index (χ4v) is 2.16. The van der Waals surface area contributed by atoms with Crippen molar-refractivity contribution in [3.63, 3.8) is 0 Å². The number of amides is 1. The van der Waals surface area contributed by atoms with Crippen molar-refractivity contribution in [2.24, 2.45) is 0 Å². The third kappa shape index (κ3) is 2.90. The third-order valence-electron chi connectivity index (χ3n) is 3.28. The van der Waals surface area contributed by atoms with Gasteiger partial charge in [0, 0.05) is 18.8 Å². The molecule has 1 N–H and O–H groups in total. The average Bonchev–Trinajstić information content (AvgIpc) is 2.74. The predicted octanol–water partition coefficient (Wildman–Crippen LogP) is 1.17. The molecule has 1 unspecified atom stereocenters. The molecule has 1 aromatic heterocycles. The van der Waals surface area contributed by atoms with E-state index in [1.54, 1.807) is 0 Å². The Labute approximate surface area is 108 Å². The average molecular weight is 250 g/mol. The van der Waals surface area contributed by atoms with Gasteiger partial charge in [0.1, 0.15) is 0 Å². The van der Waals surface area contributed by atoms with Crippen molar-refractivity contribution in [2.45, 2.75) is 45.8 Å². The molecule has 0 aromatic carbocycles. The summed E-state index contributed by atoms with van der Waals surface area (Å²) in [6, 6.07) is 2.27. The van der Waals surface area contributed by atoms with E-state index in [2.05, 4.69) is 24.3 Å². The first kappa shape index (κ1) is 13.1. The molecule has 0 spiro atoms. The van der Waals surface area contributed by atoms with E-state index in [9.17, 15) is 4.79 Å². The van der Waals surface area contributed by atoms with Gasteiger partial charge in [-0.15, -0.1) is 0 Å². The summed E-state index contributed by atoms with van der Waals surface area (Å²) in [7, 11) is 0. The van der Waals surface area contributed by atoms with Gasteiger partial charge in [-0.1, -0.05) is 0 Å². The summed E-state index contributed by atoms with van der Waals surface area (Å²) >= 11 is 0. The number of hydrogen-bond acceptors (Lipinski definition) is 3. The normalized spacial score (nSPS) is 21.4. The van der Waals surface area contributed by atoms with E-state index in [1.807, 2.05) is 28.8 Å². The maximum atomic E-state index is 12.1. The molecule has 5 nitrogen and oxygen atoms in total. The van der Waals surface area contributed by atoms with Gasteiger partial charge in [-0.3, -0.25) is 9.48 Å². The lowest BCUT2D eigenvalue weighted by molar-refractivity contribution is -0.132. The van der Waals surface area contributed by atoms with Gasteiger partial charge in [-0.05, 0) is 39.8 Å². The molecule has 1 amide bonds. The summed E-state index contributed by atoms with van der Waals surface area (Å²) < 4.78 is 1.93. The molecule has 1 aliphatic heterocycles. The van der Waals surface area contributed by atoms with Crippen LogP contribution in [-0.2, 0) is 11.3 Å². The lowest BCUT2D eigenvalue weighted by atomic mass is 10.3. The van der Waals surface area contributed by atoms with Crippen LogP contribution in [0.3, 0.4) is 0 Å². The maximum Gasteiger partial charge on any atom is 0.239 e. The van der Waals surface area contributed by atoms with E-state index in [-0.39, 0.29) is 11.9 Å². The molecule has 0 bridgehead atoms. The van der Waals surface area contributed by atoms with Gasteiger partial charge >= 0.3 is 0 Å². The second-order valence-corrected chi connectivity index (χ2v) is 5.17. The highest BCUT2D eigenvalue weighted by Crippen LogP contribution is 2.10. The largest absolute Gasteiger partial charge is 0.335 e. The van der Waals surface area contributed by atoms with Gasteiger partial charge in [-0.2, -0.15) is 5.10 Å². The van der Waals surface area contributed by atoms with Gasteiger partial charge in [0.2, 0.25) is 5.91 Å². The minimum Gasteiger partial charge on any atom is -0.335 e. The van der Waals surface area contributed by atoms with Crippen LogP contribution in [-0.4, -0.2) is 39.7 Å². The lowest BCUT2D eigenvalue weighted by Crippen LogP contribution is -2.41. The summed E-state index contributed by atoms with van der Waals surface area (Å²) in [6.07, 6.45) is 2.98. The molecule has 1 aromatic rings. The van der Waals surface area contributed by atoms with Crippen LogP contribution in [0.2, 0.25) is 0 Å². The number of carbonyl (C=O) groups excluding carboxylic acids is 1. The van der Waals surface area contributed by atoms with E-state index < -0.39 is 0 Å². The fraction of sp³-hybridized carbons (Fsp3) is 0.692. The summed E-state index contributed by atoms with van der Waals surface area (Å²) in [4.78, 5) is 14.0. The van der Waals surface area contributed by atoms with Crippen LogP contribution >= 0.6 is 0 Å². The lowest BCUT2D eigenvalue weighted by Gasteiger charge is -2.21. The predicted molar refractivity (Wildman–Crippen MR) is 70.1 cm³/mol. The first-order valence-electron chi connectivity index (χ1n) is 6.64. The molecular formula is C13H22N4O. The van der Waals surface area contributed by atoms with Gasteiger partial charge < -0.3 is 10.2 Å². The monoisotopic (exact) mass is 250 g/mol. The molecule has 1 fully saturated rings. The summed E-state index contributed by atoms with van der Waals surface area (Å²) in [5, 5.41) is 7.71. The number of carbonyl (C=O) groups is 1. The number of aromatic nitrogens is 2. The quantitative estimate of drug-likeness (QED) is 0.876. The maximum absolute atomic E-state index is 12.1. The number of hydrogen-bond donors (Lipinski definition) is 1. The second kappa shape index (κ2) is 5.52. The smallest absolute Gasteiger partial charge is 0.239 e. The Morgan fingerprint density at radius 1 is 1.56 bits per heavy atom. The zero-order valence-electron chi connectivity index (χ0n) is 11.4. The molecule has 2 heterocycles. The van der Waals surface area contributed by atoms with Crippen LogP contribution in [0.25, 0.3) is 0 Å². The number of nitrogens with one attached hydrogen (secondary N) is 1. The SMILES string of the molecule is CC1NCCCN(Cc2ccn(C(C)C)n2)C1=O. The highest BCUT2D eigenvalue weighted by molar-refractivity contribution is 5.81. The van der Waals surface area contributed by atoms with Crippen LogP contribution < -0.4 is 5.32 Å². The Morgan fingerprint density at radius 2 is 2.33 bits per heavy atom. The van der Waals surface area contributed by atoms with Crippen LogP contribution in [0.1, 0.15) is 38.9 Å². The molecule has 2 rings (SSSR count). The Balaban J connectivity index is 2.04. The molecule has 1 saturated heterocycles. The van der Waals surface area contributed by atoms with Crippen molar-refractivity contribution >= 4 is 5.91 Å². The van der Waals surface area contributed by atoms with Crippen LogP contribution in [0, 0.1) is 0 Å². The van der Waals surface area contributed by atoms with Crippen molar-refractivity contribution in [1.82, 2.24) is 20.0 Å². The second-order valence-electron chi connectivity index (χ2n) is 5.17. The minimum absolute atomic E-state index is 0.0836. The Morgan fingerprint density at radius 3 is 3.00 bits per heavy atom. The van der Waals surface area contributed by atoms with Gasteiger partial charge in [-0.25, -0.2) is 0 Å². The van der Waals surface area contributed by atoms with E-state index in [0.717, 1.165) is 25.2 Å². The summed E-state index contributed by atoms with van der Waals surface area (Å²) in [5.74, 6) is 0.173. The van der Waals surface area contributed by atoms with E-state index in [0.29, 0.717) is 12.6 Å². The molecule has 5 heteroatoms. The summed E-state index contributed by atoms with van der Waals surface area (Å²) in [5.41, 5.74) is 0.964. The summed E-state index contributed by atoms with van der Waals surface area (Å²) in [6.45, 7) is 8.45. The van der Waals surface area contributed by atoms with E-state index in [4.69, 9.17) is 0 Å². The third-order valence-corrected chi connectivity index (χ3v) is 3.28. The zero-order chi connectivity index (χ0) is 13.1. The highest BCUT2D eigenvalue weighted by atomic mass is 16.2. The van der Waals surface area contributed by atoms with Gasteiger partial charge in [0.05, 0.1) is 18.3 Å². The van der Waals surface area contributed by atoms with Gasteiger partial charge in [0.15, 0.2) is 0 Å². The number of rotatable bonds is 3. The van der Waals surface area contributed by atoms with E-state index >= 15 is 0 Å². The van der Waals surface area contributed by atoms with Crippen molar-refractivity contribution in [1.29, 1.82) is 0 Å². The molecule has 0 saturated carbocycles. The minimum atomic E-state index is -0.0836. The Bertz CT molecular complexity index is 413.